The predicted molar refractivity (Wildman–Crippen MR) is 74.6 cm³/mol. The fourth-order valence-electron chi connectivity index (χ4n) is 6.84. The first-order chi connectivity index (χ1) is 8.59. The van der Waals surface area contributed by atoms with E-state index in [1.165, 1.54) is 0 Å². The zero-order valence-corrected chi connectivity index (χ0v) is 12.7. The largest absolute Gasteiger partial charge is 0.383 e. The summed E-state index contributed by atoms with van der Waals surface area (Å²) in [5.74, 6) is 4.17. The van der Waals surface area contributed by atoms with Gasteiger partial charge in [0.25, 0.3) is 0 Å². The Labute approximate surface area is 122 Å². The van der Waals surface area contributed by atoms with Crippen LogP contribution in [0.3, 0.4) is 0 Å². The molecule has 9 atom stereocenters. The minimum Gasteiger partial charge on any atom is -0.383 e. The van der Waals surface area contributed by atoms with Crippen molar-refractivity contribution in [2.24, 2.45) is 35.5 Å². The first-order valence-electron chi connectivity index (χ1n) is 6.74. The number of benzene rings is 1. The van der Waals surface area contributed by atoms with Crippen LogP contribution in [0.1, 0.15) is 5.56 Å². The topological polar surface area (TPSA) is 20.2 Å². The zero-order chi connectivity index (χ0) is 12.1. The molecule has 2 bridgehead atoms. The highest BCUT2D eigenvalue weighted by atomic mass is 79.9. The Morgan fingerprint density at radius 2 is 1.39 bits per heavy atom. The highest BCUT2D eigenvalue weighted by molar-refractivity contribution is 9.10. The number of aliphatic hydroxyl groups is 1. The summed E-state index contributed by atoms with van der Waals surface area (Å²) in [7, 11) is 0. The van der Waals surface area contributed by atoms with Crippen LogP contribution in [0.5, 0.6) is 0 Å². The fraction of sp³-hybridized carbons (Fsp3) is 0.600. The Morgan fingerprint density at radius 3 is 1.94 bits per heavy atom. The van der Waals surface area contributed by atoms with Gasteiger partial charge in [0.15, 0.2) is 0 Å². The maximum absolute atomic E-state index is 11.5. The van der Waals surface area contributed by atoms with Crippen LogP contribution in [0.4, 0.5) is 0 Å². The fourth-order valence-corrected chi connectivity index (χ4v) is 10.2. The standard InChI is InChI=1S/C15H12Br2O/c16-13-7-10-8(13)12-9(13)11(7)14(10,17)15(12,18)6-4-2-1-3-5-6/h1-5,7-12,18H/t7?,8-,9+,10-,11+,12?,13?,14?,15-/m1/s1. The van der Waals surface area contributed by atoms with Gasteiger partial charge in [0, 0.05) is 10.2 Å². The molecule has 0 aromatic heterocycles. The van der Waals surface area contributed by atoms with E-state index in [0.29, 0.717) is 33.9 Å². The van der Waals surface area contributed by atoms with E-state index in [0.717, 1.165) is 11.5 Å². The number of hydrogen-bond donors (Lipinski definition) is 1. The third kappa shape index (κ3) is 0.535. The van der Waals surface area contributed by atoms with Gasteiger partial charge in [0.1, 0.15) is 5.60 Å². The molecule has 0 radical (unpaired) electrons. The van der Waals surface area contributed by atoms with Gasteiger partial charge in [-0.05, 0) is 35.2 Å². The van der Waals surface area contributed by atoms with Crippen LogP contribution >= 0.6 is 31.9 Å². The molecule has 0 aliphatic heterocycles. The summed E-state index contributed by atoms with van der Waals surface area (Å²) in [6.07, 6.45) is 0. The molecule has 1 N–H and O–H groups in total. The van der Waals surface area contributed by atoms with Crippen molar-refractivity contribution in [2.45, 2.75) is 14.2 Å². The molecular weight excluding hydrogens is 356 g/mol. The molecule has 7 rings (SSSR count). The highest BCUT2D eigenvalue weighted by Crippen LogP contribution is 3.03. The lowest BCUT2D eigenvalue weighted by atomic mass is 9.20. The van der Waals surface area contributed by atoms with Crippen molar-refractivity contribution in [3.8, 4) is 0 Å². The Kier molecular flexibility index (Phi) is 1.27. The minimum absolute atomic E-state index is 0.0124. The van der Waals surface area contributed by atoms with Crippen LogP contribution in [0.15, 0.2) is 30.3 Å². The molecule has 6 fully saturated rings. The highest BCUT2D eigenvalue weighted by Gasteiger charge is 3.07. The zero-order valence-electron chi connectivity index (χ0n) is 9.55. The molecule has 6 saturated carbocycles. The average Bonchev–Trinajstić information content (AvgIpc) is 2.54. The van der Waals surface area contributed by atoms with E-state index in [4.69, 9.17) is 0 Å². The Hall–Kier alpha value is 0.140. The van der Waals surface area contributed by atoms with Crippen LogP contribution in [-0.4, -0.2) is 13.8 Å². The van der Waals surface area contributed by atoms with Crippen molar-refractivity contribution in [2.75, 3.05) is 0 Å². The molecule has 92 valence electrons. The van der Waals surface area contributed by atoms with Crippen molar-refractivity contribution < 1.29 is 5.11 Å². The van der Waals surface area contributed by atoms with Gasteiger partial charge in [0.05, 0.1) is 4.32 Å². The van der Waals surface area contributed by atoms with E-state index < -0.39 is 5.60 Å². The monoisotopic (exact) mass is 366 g/mol. The first kappa shape index (κ1) is 9.95. The number of halogens is 2. The van der Waals surface area contributed by atoms with Gasteiger partial charge in [-0.3, -0.25) is 0 Å². The molecule has 0 heterocycles. The van der Waals surface area contributed by atoms with Crippen molar-refractivity contribution in [3.63, 3.8) is 0 Å². The van der Waals surface area contributed by atoms with Crippen LogP contribution in [0, 0.1) is 35.5 Å². The first-order valence-corrected chi connectivity index (χ1v) is 8.33. The van der Waals surface area contributed by atoms with Gasteiger partial charge >= 0.3 is 0 Å². The smallest absolute Gasteiger partial charge is 0.109 e. The van der Waals surface area contributed by atoms with Crippen LogP contribution in [0.25, 0.3) is 0 Å². The molecule has 3 heteroatoms. The van der Waals surface area contributed by atoms with Crippen LogP contribution in [-0.2, 0) is 5.60 Å². The molecule has 6 aliphatic rings. The molecule has 18 heavy (non-hydrogen) atoms. The van der Waals surface area contributed by atoms with Crippen molar-refractivity contribution in [1.82, 2.24) is 0 Å². The molecule has 0 amide bonds. The summed E-state index contributed by atoms with van der Waals surface area (Å²) in [5.41, 5.74) is 0.505. The van der Waals surface area contributed by atoms with Crippen molar-refractivity contribution >= 4 is 31.9 Å². The summed E-state index contributed by atoms with van der Waals surface area (Å²) >= 11 is 7.99. The molecule has 4 unspecified atom stereocenters. The lowest BCUT2D eigenvalue weighted by Gasteiger charge is -2.90. The van der Waals surface area contributed by atoms with E-state index in [-0.39, 0.29) is 4.32 Å². The van der Waals surface area contributed by atoms with Gasteiger partial charge in [-0.25, -0.2) is 0 Å². The van der Waals surface area contributed by atoms with Crippen LogP contribution in [0.2, 0.25) is 0 Å². The Morgan fingerprint density at radius 1 is 0.833 bits per heavy atom. The Bertz CT molecular complexity index is 594. The second-order valence-electron chi connectivity index (χ2n) is 6.88. The molecule has 0 saturated heterocycles. The third-order valence-corrected chi connectivity index (χ3v) is 10.4. The quantitative estimate of drug-likeness (QED) is 0.756. The normalized spacial score (nSPS) is 71.7. The number of rotatable bonds is 1. The van der Waals surface area contributed by atoms with E-state index in [1.54, 1.807) is 0 Å². The van der Waals surface area contributed by atoms with E-state index >= 15 is 0 Å². The molecule has 0 spiro atoms. The summed E-state index contributed by atoms with van der Waals surface area (Å²) in [6.45, 7) is 0. The summed E-state index contributed by atoms with van der Waals surface area (Å²) in [5, 5.41) is 11.5. The van der Waals surface area contributed by atoms with E-state index in [2.05, 4.69) is 56.1 Å². The Balaban J connectivity index is 1.62. The molecule has 1 nitrogen and oxygen atoms in total. The lowest BCUT2D eigenvalue weighted by Crippen LogP contribution is -2.93. The predicted octanol–water partition coefficient (Wildman–Crippen LogP) is 2.91. The summed E-state index contributed by atoms with van der Waals surface area (Å²) in [4.78, 5) is 0. The number of alkyl halides is 2. The van der Waals surface area contributed by atoms with E-state index in [9.17, 15) is 5.11 Å². The minimum atomic E-state index is -0.622. The van der Waals surface area contributed by atoms with Gasteiger partial charge < -0.3 is 5.11 Å². The average molecular weight is 368 g/mol. The maximum atomic E-state index is 11.5. The van der Waals surface area contributed by atoms with Gasteiger partial charge in [0.2, 0.25) is 0 Å². The SMILES string of the molecule is O[C@]1(c2ccccc2)C2[C@@H]3[C@@H]4C5[C@H]([C@H]2C53Br)C41Br. The van der Waals surface area contributed by atoms with Crippen molar-refractivity contribution in [3.05, 3.63) is 35.9 Å². The molecular formula is C15H12Br2O. The molecule has 1 aromatic rings. The second-order valence-corrected chi connectivity index (χ2v) is 9.57. The van der Waals surface area contributed by atoms with Gasteiger partial charge in [-0.15, -0.1) is 0 Å². The van der Waals surface area contributed by atoms with E-state index in [1.807, 2.05) is 6.07 Å². The summed E-state index contributed by atoms with van der Waals surface area (Å²) < 4.78 is 0.422. The maximum Gasteiger partial charge on any atom is 0.109 e. The van der Waals surface area contributed by atoms with Gasteiger partial charge in [-0.1, -0.05) is 62.2 Å². The second kappa shape index (κ2) is 2.29. The lowest BCUT2D eigenvalue weighted by molar-refractivity contribution is -0.337. The number of hydrogen-bond acceptors (Lipinski definition) is 1. The summed E-state index contributed by atoms with van der Waals surface area (Å²) in [6, 6.07) is 10.3. The van der Waals surface area contributed by atoms with Crippen molar-refractivity contribution in [1.29, 1.82) is 0 Å². The molecule has 1 aromatic carbocycles. The van der Waals surface area contributed by atoms with Crippen LogP contribution < -0.4 is 0 Å². The third-order valence-electron chi connectivity index (χ3n) is 7.10. The molecule has 6 aliphatic carbocycles. The van der Waals surface area contributed by atoms with Gasteiger partial charge in [-0.2, -0.15) is 0 Å².